The van der Waals surface area contributed by atoms with Crippen LogP contribution in [0.2, 0.25) is 0 Å². The highest BCUT2D eigenvalue weighted by Crippen LogP contribution is 2.49. The number of ether oxygens (including phenoxy) is 8. The molecule has 25 nitrogen and oxygen atoms in total. The Labute approximate surface area is 711 Å². The minimum absolute atomic E-state index is 0.00924. The molecule has 18 atom stereocenters. The number of phosphoric acid groups is 1. The number of unbranched alkanes of at least 4 members (excludes halogenated alkanes) is 49. The van der Waals surface area contributed by atoms with Crippen molar-refractivity contribution in [2.75, 3.05) is 26.4 Å². The van der Waals surface area contributed by atoms with Crippen molar-refractivity contribution < 1.29 is 122 Å². The van der Waals surface area contributed by atoms with Gasteiger partial charge in [-0.15, -0.1) is 0 Å². The second-order valence-electron chi connectivity index (χ2n) is 33.9. The highest BCUT2D eigenvalue weighted by Gasteiger charge is 2.60. The van der Waals surface area contributed by atoms with E-state index in [2.05, 4.69) is 52.0 Å². The minimum atomic E-state index is -5.81. The third kappa shape index (κ3) is 50.8. The van der Waals surface area contributed by atoms with Gasteiger partial charge in [0.15, 0.2) is 24.8 Å². The summed E-state index contributed by atoms with van der Waals surface area (Å²) in [4.78, 5) is 66.5. The third-order valence-corrected chi connectivity index (χ3v) is 24.2. The van der Waals surface area contributed by atoms with Crippen LogP contribution in [0, 0.1) is 0 Å². The summed E-state index contributed by atoms with van der Waals surface area (Å²) in [5.41, 5.74) is 0. The summed E-state index contributed by atoms with van der Waals surface area (Å²) in [7, 11) is -5.81. The monoisotopic (exact) mass is 1710 g/mol. The number of hydrogen-bond acceptors (Lipinski definition) is 24. The molecular weight excluding hydrogens is 1540 g/mol. The summed E-state index contributed by atoms with van der Waals surface area (Å²) >= 11 is 0. The van der Waals surface area contributed by atoms with Crippen LogP contribution in [0.5, 0.6) is 0 Å². The molecule has 692 valence electrons. The summed E-state index contributed by atoms with van der Waals surface area (Å²) in [5, 5.41) is 102. The van der Waals surface area contributed by atoms with Gasteiger partial charge in [-0.25, -0.2) is 4.57 Å². The molecule has 3 fully saturated rings. The maximum Gasteiger partial charge on any atom is 0.472 e. The second kappa shape index (κ2) is 71.1. The van der Waals surface area contributed by atoms with Gasteiger partial charge in [-0.2, -0.15) is 0 Å². The van der Waals surface area contributed by atoms with E-state index in [0.29, 0.717) is 32.1 Å². The molecule has 1 aliphatic carbocycles. The first-order chi connectivity index (χ1) is 57.2. The van der Waals surface area contributed by atoms with E-state index in [0.717, 1.165) is 161 Å². The predicted octanol–water partition coefficient (Wildman–Crippen LogP) is 17.7. The fourth-order valence-corrected chi connectivity index (χ4v) is 16.6. The predicted molar refractivity (Wildman–Crippen MR) is 458 cm³/mol. The van der Waals surface area contributed by atoms with Gasteiger partial charge in [-0.1, -0.05) is 328 Å². The van der Waals surface area contributed by atoms with Crippen LogP contribution >= 0.6 is 7.82 Å². The Hall–Kier alpha value is -3.05. The van der Waals surface area contributed by atoms with Crippen molar-refractivity contribution in [3.63, 3.8) is 0 Å². The number of allylic oxidation sites excluding steroid dienone is 4. The highest BCUT2D eigenvalue weighted by molar-refractivity contribution is 7.47. The van der Waals surface area contributed by atoms with Crippen molar-refractivity contribution in [3.05, 3.63) is 24.3 Å². The van der Waals surface area contributed by atoms with Gasteiger partial charge in [0.05, 0.1) is 13.2 Å². The number of aliphatic hydroxyl groups excluding tert-OH is 9. The molecule has 0 spiro atoms. The van der Waals surface area contributed by atoms with Crippen LogP contribution in [0.4, 0.5) is 0 Å². The van der Waals surface area contributed by atoms with E-state index in [1.165, 1.54) is 161 Å². The molecule has 0 aromatic carbocycles. The molecule has 26 heteroatoms. The Morgan fingerprint density at radius 1 is 0.331 bits per heavy atom. The van der Waals surface area contributed by atoms with Crippen molar-refractivity contribution in [1.29, 1.82) is 0 Å². The highest BCUT2D eigenvalue weighted by atomic mass is 31.2. The van der Waals surface area contributed by atoms with Crippen LogP contribution in [0.1, 0.15) is 407 Å². The summed E-state index contributed by atoms with van der Waals surface area (Å²) < 4.78 is 73.5. The smallest absolute Gasteiger partial charge is 0.463 e. The topological polar surface area (TPSA) is 380 Å². The molecule has 10 N–H and O–H groups in total. The molecule has 0 amide bonds. The molecule has 118 heavy (non-hydrogen) atoms. The lowest BCUT2D eigenvalue weighted by Gasteiger charge is -2.50. The van der Waals surface area contributed by atoms with Gasteiger partial charge < -0.3 is 88.7 Å². The Balaban J connectivity index is 1.91. The van der Waals surface area contributed by atoms with E-state index in [1.807, 2.05) is 0 Å². The van der Waals surface area contributed by atoms with Crippen LogP contribution in [-0.2, 0) is 70.7 Å². The average molecular weight is 1710 g/mol. The molecule has 2 heterocycles. The van der Waals surface area contributed by atoms with Gasteiger partial charge in [-0.05, 0) is 77.0 Å². The zero-order valence-corrected chi connectivity index (χ0v) is 74.6. The van der Waals surface area contributed by atoms with Crippen molar-refractivity contribution in [1.82, 2.24) is 0 Å². The summed E-state index contributed by atoms with van der Waals surface area (Å²) in [6.45, 7) is 5.59. The number of aliphatic hydroxyl groups is 9. The Bertz CT molecular complexity index is 2550. The largest absolute Gasteiger partial charge is 0.472 e. The normalized spacial score (nSPS) is 25.0. The van der Waals surface area contributed by atoms with Crippen LogP contribution in [0.3, 0.4) is 0 Å². The van der Waals surface area contributed by atoms with Crippen molar-refractivity contribution in [2.45, 2.75) is 511 Å². The Morgan fingerprint density at radius 2 is 0.636 bits per heavy atom. The number of rotatable bonds is 77. The molecule has 0 aromatic heterocycles. The molecule has 1 saturated carbocycles. The van der Waals surface area contributed by atoms with E-state index in [9.17, 15) is 74.6 Å². The van der Waals surface area contributed by atoms with E-state index >= 15 is 0 Å². The second-order valence-corrected chi connectivity index (χ2v) is 35.3. The average Bonchev–Trinajstić information content (AvgIpc) is 0.754. The van der Waals surface area contributed by atoms with Gasteiger partial charge in [0.2, 0.25) is 0 Å². The number of carbonyl (C=O) groups excluding carboxylic acids is 4. The van der Waals surface area contributed by atoms with Crippen LogP contribution < -0.4 is 0 Å². The first-order valence-corrected chi connectivity index (χ1v) is 49.1. The van der Waals surface area contributed by atoms with Crippen LogP contribution in [0.15, 0.2) is 24.3 Å². The molecule has 3 rings (SSSR count). The van der Waals surface area contributed by atoms with Gasteiger partial charge in [0.25, 0.3) is 0 Å². The fraction of sp³-hybridized carbons (Fsp3) is 0.913. The van der Waals surface area contributed by atoms with Gasteiger partial charge in [0.1, 0.15) is 92.6 Å². The molecule has 18 unspecified atom stereocenters. The lowest BCUT2D eigenvalue weighted by molar-refractivity contribution is -0.360. The van der Waals surface area contributed by atoms with Gasteiger partial charge >= 0.3 is 31.7 Å². The van der Waals surface area contributed by atoms with E-state index in [-0.39, 0.29) is 25.7 Å². The van der Waals surface area contributed by atoms with Crippen molar-refractivity contribution in [3.8, 4) is 0 Å². The molecule has 3 aliphatic rings. The molecule has 2 aliphatic heterocycles. The van der Waals surface area contributed by atoms with Crippen molar-refractivity contribution >= 4 is 31.7 Å². The number of esters is 4. The first-order valence-electron chi connectivity index (χ1n) is 47.6. The third-order valence-electron chi connectivity index (χ3n) is 23.2. The summed E-state index contributed by atoms with van der Waals surface area (Å²) in [6.07, 6.45) is 31.5. The fourth-order valence-electron chi connectivity index (χ4n) is 15.6. The first kappa shape index (κ1) is 109. The van der Waals surface area contributed by atoms with Gasteiger partial charge in [0, 0.05) is 25.7 Å². The number of hydrogen-bond donors (Lipinski definition) is 10. The maximum absolute atomic E-state index is 14.9. The lowest BCUT2D eigenvalue weighted by atomic mass is 9.84. The molecule has 0 aromatic rings. The minimum Gasteiger partial charge on any atom is -0.463 e. The molecule has 0 bridgehead atoms. The summed E-state index contributed by atoms with van der Waals surface area (Å²) in [6, 6.07) is 0. The zero-order chi connectivity index (χ0) is 86.1. The zero-order valence-electron chi connectivity index (χ0n) is 73.7. The van der Waals surface area contributed by atoms with Gasteiger partial charge in [-0.3, -0.25) is 28.2 Å². The molecular formula is C92H169O25P. The summed E-state index contributed by atoms with van der Waals surface area (Å²) in [5.74, 6) is -2.96. The number of phosphoric ester groups is 1. The van der Waals surface area contributed by atoms with E-state index in [4.69, 9.17) is 46.9 Å². The molecule has 2 saturated heterocycles. The van der Waals surface area contributed by atoms with Crippen LogP contribution in [0.25, 0.3) is 0 Å². The number of carbonyl (C=O) groups is 4. The standard InChI is InChI=1S/C92H169O25P/c1-5-9-13-17-21-25-29-33-36-39-43-46-50-54-58-62-66-77(96)111-72(69-108-75(94)64-60-56-52-48-44-40-32-28-24-20-16-12-8-4)70-110-118(106,107)117-90-88(115-91-85(104)81(100)79(98)73(68-93)112-91)84(103)83(102)87(114-78(97)67-63-59-55-51-47-42-38-35-31-27-23-19-15-11-7-3)89(90)116-92-86(105)82(101)80(99)74(113-92)71-109-76(95)65-61-57-53-49-45-41-37-34-30-26-22-18-14-10-6-2/h26-27,30-31,72-74,79-93,98-105H,5-25,28-29,32-71H2,1-4H3,(H,106,107)/b30-26-,31-27-. The lowest BCUT2D eigenvalue weighted by Crippen LogP contribution is -2.70. The SMILES string of the molecule is CCCCCC/C=C\CCCCCCCCCC(=O)OCC1OC(OC2C(OC(=O)CCCCCCCCC/C=C\CCCCCC)C(O)C(O)C(OC3OC(CO)C(O)C(O)C3O)C2OP(=O)(O)OCC(COC(=O)CCCCCCCCCCCCCCC)OC(=O)CCCCCCCCCCCCCCCCCC)C(O)C(O)C1O. The maximum atomic E-state index is 14.9. The Morgan fingerprint density at radius 3 is 1.02 bits per heavy atom. The van der Waals surface area contributed by atoms with E-state index in [1.54, 1.807) is 0 Å². The van der Waals surface area contributed by atoms with Crippen LogP contribution in [-0.4, -0.2) is 205 Å². The quantitative estimate of drug-likeness (QED) is 0.00889. The van der Waals surface area contributed by atoms with Crippen molar-refractivity contribution in [2.24, 2.45) is 0 Å². The Kier molecular flexibility index (Phi) is 65.8. The van der Waals surface area contributed by atoms with E-state index < -0.39 is 162 Å². The molecule has 0 radical (unpaired) electrons.